The summed E-state index contributed by atoms with van der Waals surface area (Å²) < 4.78 is 0. The van der Waals surface area contributed by atoms with Gasteiger partial charge in [-0.3, -0.25) is 4.79 Å². The average molecular weight is 239 g/mol. The van der Waals surface area contributed by atoms with E-state index < -0.39 is 0 Å². The highest BCUT2D eigenvalue weighted by molar-refractivity contribution is 5.79. The lowest BCUT2D eigenvalue weighted by Gasteiger charge is -2.42. The van der Waals surface area contributed by atoms with Gasteiger partial charge in [-0.1, -0.05) is 6.92 Å². The molecule has 0 unspecified atom stereocenters. The van der Waals surface area contributed by atoms with Crippen molar-refractivity contribution in [2.75, 3.05) is 46.3 Å². The van der Waals surface area contributed by atoms with Gasteiger partial charge in [-0.25, -0.2) is 0 Å². The largest absolute Gasteiger partial charge is 0.342 e. The predicted octanol–water partition coefficient (Wildman–Crippen LogP) is 0.396. The monoisotopic (exact) mass is 239 g/mol. The number of hydrogen-bond acceptors (Lipinski definition) is 3. The summed E-state index contributed by atoms with van der Waals surface area (Å²) in [6, 6.07) is 0. The highest BCUT2D eigenvalue weighted by Gasteiger charge is 2.35. The molecule has 0 aliphatic carbocycles. The zero-order chi connectivity index (χ0) is 12.3. The molecule has 2 aliphatic heterocycles. The molecular formula is C13H25N3O. The smallest absolute Gasteiger partial charge is 0.225 e. The number of piperidine rings is 1. The third-order valence-corrected chi connectivity index (χ3v) is 4.15. The fourth-order valence-corrected chi connectivity index (χ4v) is 2.92. The van der Waals surface area contributed by atoms with Crippen molar-refractivity contribution in [2.24, 2.45) is 11.8 Å². The van der Waals surface area contributed by atoms with Crippen LogP contribution in [0.25, 0.3) is 0 Å². The molecule has 1 amide bonds. The quantitative estimate of drug-likeness (QED) is 0.771. The van der Waals surface area contributed by atoms with Crippen LogP contribution >= 0.6 is 0 Å². The third-order valence-electron chi connectivity index (χ3n) is 4.15. The summed E-state index contributed by atoms with van der Waals surface area (Å²) in [6.45, 7) is 8.48. The van der Waals surface area contributed by atoms with Crippen LogP contribution in [0.5, 0.6) is 0 Å². The Morgan fingerprint density at radius 2 is 1.94 bits per heavy atom. The Morgan fingerprint density at radius 3 is 2.47 bits per heavy atom. The maximum Gasteiger partial charge on any atom is 0.225 e. The maximum atomic E-state index is 12.2. The van der Waals surface area contributed by atoms with Crippen LogP contribution in [0, 0.1) is 11.8 Å². The molecule has 0 aromatic heterocycles. The van der Waals surface area contributed by atoms with Gasteiger partial charge >= 0.3 is 0 Å². The van der Waals surface area contributed by atoms with Gasteiger partial charge in [-0.05, 0) is 39.5 Å². The maximum absolute atomic E-state index is 12.2. The van der Waals surface area contributed by atoms with Crippen LogP contribution in [0.2, 0.25) is 0 Å². The van der Waals surface area contributed by atoms with Gasteiger partial charge in [0.1, 0.15) is 0 Å². The number of amides is 1. The molecule has 2 aliphatic rings. The molecule has 2 rings (SSSR count). The van der Waals surface area contributed by atoms with E-state index in [0.717, 1.165) is 52.1 Å². The number of nitrogens with zero attached hydrogens (tertiary/aromatic N) is 2. The van der Waals surface area contributed by atoms with E-state index in [4.69, 9.17) is 0 Å². The van der Waals surface area contributed by atoms with Gasteiger partial charge in [-0.2, -0.15) is 0 Å². The molecule has 2 heterocycles. The molecule has 0 aromatic rings. The SMILES string of the molecule is CCN1CCC(C(=O)N2CC(CNC)C2)CC1. The first kappa shape index (κ1) is 12.8. The van der Waals surface area contributed by atoms with Crippen molar-refractivity contribution in [3.8, 4) is 0 Å². The van der Waals surface area contributed by atoms with Crippen molar-refractivity contribution in [1.82, 2.24) is 15.1 Å². The van der Waals surface area contributed by atoms with Crippen molar-refractivity contribution >= 4 is 5.91 Å². The minimum absolute atomic E-state index is 0.299. The fourth-order valence-electron chi connectivity index (χ4n) is 2.92. The summed E-state index contributed by atoms with van der Waals surface area (Å²) >= 11 is 0. The molecule has 17 heavy (non-hydrogen) atoms. The summed E-state index contributed by atoms with van der Waals surface area (Å²) in [5.74, 6) is 1.39. The van der Waals surface area contributed by atoms with E-state index >= 15 is 0 Å². The van der Waals surface area contributed by atoms with Crippen molar-refractivity contribution in [1.29, 1.82) is 0 Å². The van der Waals surface area contributed by atoms with Gasteiger partial charge < -0.3 is 15.1 Å². The predicted molar refractivity (Wildman–Crippen MR) is 68.8 cm³/mol. The summed E-state index contributed by atoms with van der Waals surface area (Å²) in [6.07, 6.45) is 2.11. The average Bonchev–Trinajstić information content (AvgIpc) is 2.32. The molecule has 0 bridgehead atoms. The number of rotatable bonds is 4. The Kier molecular flexibility index (Phi) is 4.40. The van der Waals surface area contributed by atoms with Crippen LogP contribution in [0.1, 0.15) is 19.8 Å². The molecule has 98 valence electrons. The number of nitrogens with one attached hydrogen (secondary N) is 1. The van der Waals surface area contributed by atoms with Gasteiger partial charge in [0, 0.05) is 31.5 Å². The number of likely N-dealkylation sites (tertiary alicyclic amines) is 2. The van der Waals surface area contributed by atoms with Crippen molar-refractivity contribution in [3.05, 3.63) is 0 Å². The minimum atomic E-state index is 0.299. The fraction of sp³-hybridized carbons (Fsp3) is 0.923. The lowest BCUT2D eigenvalue weighted by Crippen LogP contribution is -2.55. The Hall–Kier alpha value is -0.610. The zero-order valence-electron chi connectivity index (χ0n) is 11.1. The Balaban J connectivity index is 1.71. The summed E-state index contributed by atoms with van der Waals surface area (Å²) in [4.78, 5) is 16.7. The van der Waals surface area contributed by atoms with Crippen LogP contribution in [0.3, 0.4) is 0 Å². The molecule has 0 atom stereocenters. The topological polar surface area (TPSA) is 35.6 Å². The lowest BCUT2D eigenvalue weighted by atomic mass is 9.91. The van der Waals surface area contributed by atoms with Gasteiger partial charge in [-0.15, -0.1) is 0 Å². The Morgan fingerprint density at radius 1 is 1.29 bits per heavy atom. The second-order valence-electron chi connectivity index (χ2n) is 5.38. The molecule has 1 N–H and O–H groups in total. The van der Waals surface area contributed by atoms with Crippen molar-refractivity contribution in [3.63, 3.8) is 0 Å². The molecule has 2 saturated heterocycles. The number of carbonyl (C=O) groups excluding carboxylic acids is 1. The van der Waals surface area contributed by atoms with Crippen LogP contribution in [-0.2, 0) is 4.79 Å². The first-order valence-electron chi connectivity index (χ1n) is 6.90. The van der Waals surface area contributed by atoms with Crippen molar-refractivity contribution in [2.45, 2.75) is 19.8 Å². The van der Waals surface area contributed by atoms with E-state index in [9.17, 15) is 4.79 Å². The van der Waals surface area contributed by atoms with E-state index in [2.05, 4.69) is 17.1 Å². The second-order valence-corrected chi connectivity index (χ2v) is 5.38. The van der Waals surface area contributed by atoms with Gasteiger partial charge in [0.25, 0.3) is 0 Å². The summed E-state index contributed by atoms with van der Waals surface area (Å²) in [7, 11) is 1.98. The molecule has 4 heteroatoms. The Bertz CT molecular complexity index is 255. The van der Waals surface area contributed by atoms with Gasteiger partial charge in [0.2, 0.25) is 5.91 Å². The first-order valence-corrected chi connectivity index (χ1v) is 6.90. The normalized spacial score (nSPS) is 23.8. The summed E-state index contributed by atoms with van der Waals surface area (Å²) in [5, 5.41) is 3.18. The van der Waals surface area contributed by atoms with Gasteiger partial charge in [0.05, 0.1) is 0 Å². The third kappa shape index (κ3) is 2.99. The standard InChI is InChI=1S/C13H25N3O/c1-3-15-6-4-12(5-7-15)13(17)16-9-11(10-16)8-14-2/h11-12,14H,3-10H2,1-2H3. The highest BCUT2D eigenvalue weighted by atomic mass is 16.2. The van der Waals surface area contributed by atoms with Crippen LogP contribution in [0.15, 0.2) is 0 Å². The van der Waals surface area contributed by atoms with Crippen LogP contribution < -0.4 is 5.32 Å². The van der Waals surface area contributed by atoms with E-state index in [1.165, 1.54) is 0 Å². The minimum Gasteiger partial charge on any atom is -0.342 e. The molecule has 4 nitrogen and oxygen atoms in total. The lowest BCUT2D eigenvalue weighted by molar-refractivity contribution is -0.143. The number of hydrogen-bond donors (Lipinski definition) is 1. The number of carbonyl (C=O) groups is 1. The molecule has 2 fully saturated rings. The van der Waals surface area contributed by atoms with E-state index in [0.29, 0.717) is 17.7 Å². The first-order chi connectivity index (χ1) is 8.24. The van der Waals surface area contributed by atoms with Crippen LogP contribution in [-0.4, -0.2) is 62.0 Å². The van der Waals surface area contributed by atoms with Crippen molar-refractivity contribution < 1.29 is 4.79 Å². The molecule has 0 saturated carbocycles. The second kappa shape index (κ2) is 5.83. The Labute approximate surface area is 104 Å². The molecule has 0 spiro atoms. The molecule has 0 radical (unpaired) electrons. The zero-order valence-corrected chi connectivity index (χ0v) is 11.1. The highest BCUT2D eigenvalue weighted by Crippen LogP contribution is 2.24. The summed E-state index contributed by atoms with van der Waals surface area (Å²) in [5.41, 5.74) is 0. The van der Waals surface area contributed by atoms with E-state index in [1.807, 2.05) is 11.9 Å². The van der Waals surface area contributed by atoms with Crippen LogP contribution in [0.4, 0.5) is 0 Å². The van der Waals surface area contributed by atoms with Gasteiger partial charge in [0.15, 0.2) is 0 Å². The molecular weight excluding hydrogens is 214 g/mol. The molecule has 0 aromatic carbocycles. The van der Waals surface area contributed by atoms with E-state index in [1.54, 1.807) is 0 Å². The van der Waals surface area contributed by atoms with E-state index in [-0.39, 0.29) is 0 Å².